The molecule has 3 aromatic rings. The van der Waals surface area contributed by atoms with Crippen molar-refractivity contribution in [1.82, 2.24) is 15.0 Å². The van der Waals surface area contributed by atoms with Gasteiger partial charge in [0.05, 0.1) is 6.42 Å². The Kier molecular flexibility index (Phi) is 6.90. The predicted molar refractivity (Wildman–Crippen MR) is 115 cm³/mol. The zero-order valence-corrected chi connectivity index (χ0v) is 18.3. The first kappa shape index (κ1) is 25.7. The van der Waals surface area contributed by atoms with Gasteiger partial charge in [-0.15, -0.1) is 0 Å². The second kappa shape index (κ2) is 9.39. The highest BCUT2D eigenvalue weighted by molar-refractivity contribution is 5.82. The van der Waals surface area contributed by atoms with Crippen molar-refractivity contribution in [3.8, 4) is 11.1 Å². The number of carboxylic acids is 1. The molecular formula is C22H19F6N5O2. The maximum absolute atomic E-state index is 12.9. The van der Waals surface area contributed by atoms with E-state index in [9.17, 15) is 36.2 Å². The number of nitrogens with one attached hydrogen (secondary N) is 2. The Hall–Kier alpha value is -3.90. The van der Waals surface area contributed by atoms with Crippen LogP contribution in [-0.4, -0.2) is 37.7 Å². The fraction of sp³-hybridized carbons (Fsp3) is 0.273. The van der Waals surface area contributed by atoms with E-state index in [2.05, 4.69) is 25.6 Å². The van der Waals surface area contributed by atoms with Gasteiger partial charge in [0.25, 0.3) is 0 Å². The van der Waals surface area contributed by atoms with Gasteiger partial charge in [-0.05, 0) is 55.3 Å². The lowest BCUT2D eigenvalue weighted by Crippen LogP contribution is -2.47. The minimum Gasteiger partial charge on any atom is -0.480 e. The molecule has 0 saturated carbocycles. The van der Waals surface area contributed by atoms with Crippen molar-refractivity contribution in [2.75, 3.05) is 10.6 Å². The first-order valence-corrected chi connectivity index (χ1v) is 9.98. The van der Waals surface area contributed by atoms with Gasteiger partial charge >= 0.3 is 18.3 Å². The molecule has 0 unspecified atom stereocenters. The number of carbonyl (C=O) groups is 1. The maximum atomic E-state index is 12.9. The number of nitrogens with zero attached hydrogens (tertiary/aromatic N) is 3. The van der Waals surface area contributed by atoms with Gasteiger partial charge in [0.1, 0.15) is 17.1 Å². The van der Waals surface area contributed by atoms with Gasteiger partial charge in [-0.2, -0.15) is 26.3 Å². The number of anilines is 3. The summed E-state index contributed by atoms with van der Waals surface area (Å²) < 4.78 is 77.1. The zero-order chi connectivity index (χ0) is 26.0. The molecule has 0 fully saturated rings. The first-order valence-electron chi connectivity index (χ1n) is 9.98. The maximum Gasteiger partial charge on any atom is 0.433 e. The van der Waals surface area contributed by atoms with E-state index in [1.54, 1.807) is 25.1 Å². The Bertz CT molecular complexity index is 1210. The minimum atomic E-state index is -4.71. The zero-order valence-electron chi connectivity index (χ0n) is 18.3. The molecular weight excluding hydrogens is 480 g/mol. The third kappa shape index (κ3) is 6.80. The molecule has 0 bridgehead atoms. The fourth-order valence-electron chi connectivity index (χ4n) is 3.22. The number of rotatable bonds is 7. The standard InChI is InChI=1S/C22H19F6N5O2/c1-12-7-14(9-15(8-12)31-19-29-6-5-16(32-19)22(26,27)28)13-3-4-17(30-10-13)33-20(2,18(34)35)11-21(23,24)25/h3-10H,11H2,1-2H3,(H,30,33)(H,34,35)(H,29,31,32)/t20-/m1/s1. The quantitative estimate of drug-likeness (QED) is 0.353. The number of alkyl halides is 6. The summed E-state index contributed by atoms with van der Waals surface area (Å²) in [7, 11) is 0. The van der Waals surface area contributed by atoms with E-state index in [4.69, 9.17) is 0 Å². The molecule has 35 heavy (non-hydrogen) atoms. The molecule has 0 aliphatic rings. The topological polar surface area (TPSA) is 100 Å². The highest BCUT2D eigenvalue weighted by Gasteiger charge is 2.45. The van der Waals surface area contributed by atoms with Gasteiger partial charge in [-0.25, -0.2) is 19.7 Å². The third-order valence-electron chi connectivity index (χ3n) is 4.81. The number of aliphatic carboxylic acids is 1. The summed E-state index contributed by atoms with van der Waals surface area (Å²) in [6.07, 6.45) is -8.64. The number of carboxylic acid groups (broad SMARTS) is 1. The predicted octanol–water partition coefficient (Wildman–Crippen LogP) is 5.82. The van der Waals surface area contributed by atoms with Crippen LogP contribution in [0.4, 0.5) is 43.8 Å². The summed E-state index contributed by atoms with van der Waals surface area (Å²) in [5.74, 6) is -2.02. The van der Waals surface area contributed by atoms with Crippen LogP contribution >= 0.6 is 0 Å². The summed E-state index contributed by atoms with van der Waals surface area (Å²) in [5.41, 5.74) is -1.17. The molecule has 13 heteroatoms. The molecule has 2 heterocycles. The van der Waals surface area contributed by atoms with Gasteiger partial charge in [0, 0.05) is 23.6 Å². The van der Waals surface area contributed by atoms with E-state index >= 15 is 0 Å². The molecule has 1 aromatic carbocycles. The smallest absolute Gasteiger partial charge is 0.433 e. The van der Waals surface area contributed by atoms with Crippen LogP contribution in [0.2, 0.25) is 0 Å². The van der Waals surface area contributed by atoms with Crippen LogP contribution in [0.3, 0.4) is 0 Å². The molecule has 3 rings (SSSR count). The van der Waals surface area contributed by atoms with Crippen LogP contribution in [0.25, 0.3) is 11.1 Å². The molecule has 0 saturated heterocycles. The van der Waals surface area contributed by atoms with Gasteiger partial charge in [0.15, 0.2) is 0 Å². The molecule has 3 N–H and O–H groups in total. The van der Waals surface area contributed by atoms with Crippen molar-refractivity contribution in [2.45, 2.75) is 38.2 Å². The van der Waals surface area contributed by atoms with E-state index in [1.807, 2.05) is 0 Å². The molecule has 0 radical (unpaired) electrons. The monoisotopic (exact) mass is 499 g/mol. The highest BCUT2D eigenvalue weighted by atomic mass is 19.4. The summed E-state index contributed by atoms with van der Waals surface area (Å²) >= 11 is 0. The SMILES string of the molecule is Cc1cc(Nc2nccc(C(F)(F)F)n2)cc(-c2ccc(N[C@](C)(CC(F)(F)F)C(=O)O)nc2)c1. The van der Waals surface area contributed by atoms with Crippen LogP contribution in [0, 0.1) is 6.92 Å². The summed E-state index contributed by atoms with van der Waals surface area (Å²) in [6, 6.07) is 8.62. The average molecular weight is 499 g/mol. The van der Waals surface area contributed by atoms with Gasteiger partial charge < -0.3 is 15.7 Å². The molecule has 0 aliphatic carbocycles. The van der Waals surface area contributed by atoms with E-state index in [0.29, 0.717) is 16.8 Å². The largest absolute Gasteiger partial charge is 0.480 e. The number of hydrogen-bond donors (Lipinski definition) is 3. The van der Waals surface area contributed by atoms with Gasteiger partial charge in [-0.1, -0.05) is 6.07 Å². The lowest BCUT2D eigenvalue weighted by atomic mass is 9.97. The van der Waals surface area contributed by atoms with Crippen molar-refractivity contribution in [2.24, 2.45) is 0 Å². The highest BCUT2D eigenvalue weighted by Crippen LogP contribution is 2.32. The Morgan fingerprint density at radius 3 is 2.29 bits per heavy atom. The Morgan fingerprint density at radius 2 is 1.71 bits per heavy atom. The average Bonchev–Trinajstić information content (AvgIpc) is 2.72. The summed E-state index contributed by atoms with van der Waals surface area (Å²) in [5, 5.41) is 14.3. The molecule has 1 atom stereocenters. The molecule has 7 nitrogen and oxygen atoms in total. The Morgan fingerprint density at radius 1 is 1.00 bits per heavy atom. The third-order valence-corrected chi connectivity index (χ3v) is 4.81. The second-order valence-electron chi connectivity index (χ2n) is 7.96. The minimum absolute atomic E-state index is 0.0775. The Balaban J connectivity index is 1.83. The van der Waals surface area contributed by atoms with E-state index in [-0.39, 0.29) is 11.8 Å². The van der Waals surface area contributed by atoms with E-state index < -0.39 is 36.0 Å². The van der Waals surface area contributed by atoms with Gasteiger partial charge in [-0.3, -0.25) is 0 Å². The summed E-state index contributed by atoms with van der Waals surface area (Å²) in [6.45, 7) is 2.66. The van der Waals surface area contributed by atoms with Crippen molar-refractivity contribution >= 4 is 23.4 Å². The van der Waals surface area contributed by atoms with Crippen LogP contribution in [0.5, 0.6) is 0 Å². The normalized spacial score (nSPS) is 13.7. The molecule has 0 amide bonds. The molecule has 186 valence electrons. The van der Waals surface area contributed by atoms with Crippen LogP contribution in [-0.2, 0) is 11.0 Å². The Labute approximate surface area is 195 Å². The van der Waals surface area contributed by atoms with Crippen LogP contribution in [0.15, 0.2) is 48.8 Å². The number of hydrogen-bond acceptors (Lipinski definition) is 6. The van der Waals surface area contributed by atoms with Crippen molar-refractivity contribution in [1.29, 1.82) is 0 Å². The molecule has 2 aromatic heterocycles. The van der Waals surface area contributed by atoms with Crippen LogP contribution in [0.1, 0.15) is 24.6 Å². The van der Waals surface area contributed by atoms with Crippen molar-refractivity contribution in [3.05, 3.63) is 60.0 Å². The van der Waals surface area contributed by atoms with Gasteiger partial charge in [0.2, 0.25) is 5.95 Å². The lowest BCUT2D eigenvalue weighted by molar-refractivity contribution is -0.163. The van der Waals surface area contributed by atoms with Crippen molar-refractivity contribution in [3.63, 3.8) is 0 Å². The second-order valence-corrected chi connectivity index (χ2v) is 7.96. The molecule has 0 aliphatic heterocycles. The summed E-state index contributed by atoms with van der Waals surface area (Å²) in [4.78, 5) is 22.7. The lowest BCUT2D eigenvalue weighted by Gasteiger charge is -2.27. The van der Waals surface area contributed by atoms with E-state index in [1.165, 1.54) is 18.3 Å². The number of pyridine rings is 1. The van der Waals surface area contributed by atoms with Crippen molar-refractivity contribution < 1.29 is 36.2 Å². The molecule has 0 spiro atoms. The van der Waals surface area contributed by atoms with E-state index in [0.717, 1.165) is 24.8 Å². The number of aryl methyl sites for hydroxylation is 1. The number of benzene rings is 1. The number of aromatic nitrogens is 3. The fourth-order valence-corrected chi connectivity index (χ4v) is 3.22. The first-order chi connectivity index (χ1) is 16.1. The van der Waals surface area contributed by atoms with Crippen LogP contribution < -0.4 is 10.6 Å². The number of halogens is 6.